The lowest BCUT2D eigenvalue weighted by atomic mass is 10.5. The Morgan fingerprint density at radius 3 is 3.09 bits per heavy atom. The van der Waals surface area contributed by atoms with E-state index in [2.05, 4.69) is 31.7 Å². The van der Waals surface area contributed by atoms with Crippen molar-refractivity contribution in [1.82, 2.24) is 10.4 Å². The van der Waals surface area contributed by atoms with E-state index in [4.69, 9.17) is 4.89 Å². The lowest BCUT2D eigenvalue weighted by Crippen LogP contribution is -1.87. The Kier molecular flexibility index (Phi) is 2.67. The van der Waals surface area contributed by atoms with Gasteiger partial charge in [0.2, 0.25) is 0 Å². The van der Waals surface area contributed by atoms with Crippen LogP contribution in [0, 0.1) is 0 Å². The molecule has 1 aromatic heterocycles. The summed E-state index contributed by atoms with van der Waals surface area (Å²) in [5.41, 5.74) is 0.341. The molecule has 6 nitrogen and oxygen atoms in total. The molecule has 0 aliphatic heterocycles. The summed E-state index contributed by atoms with van der Waals surface area (Å²) in [5, 5.41) is 6.53. The van der Waals surface area contributed by atoms with Crippen LogP contribution in [0.5, 0.6) is 0 Å². The first kappa shape index (κ1) is 8.73. The summed E-state index contributed by atoms with van der Waals surface area (Å²) < 4.78 is 19.2. The van der Waals surface area contributed by atoms with Crippen molar-refractivity contribution in [1.29, 1.82) is 0 Å². The number of rotatable bonds is 3. The zero-order valence-corrected chi connectivity index (χ0v) is 7.03. The summed E-state index contributed by atoms with van der Waals surface area (Å²) >= 11 is 3.28. The summed E-state index contributed by atoms with van der Waals surface area (Å²) in [6.45, 7) is -3.86. The average Bonchev–Trinajstić information content (AvgIpc) is 2.32. The minimum absolute atomic E-state index is 0.138. The Hall–Kier alpha value is -0.360. The van der Waals surface area contributed by atoms with Crippen LogP contribution in [-0.4, -0.2) is 15.3 Å². The molecule has 0 aliphatic rings. The molecule has 0 spiro atoms. The van der Waals surface area contributed by atoms with E-state index < -0.39 is 6.80 Å². The van der Waals surface area contributed by atoms with Crippen molar-refractivity contribution in [2.24, 2.45) is 0 Å². The molecule has 8 heteroatoms. The monoisotopic (exact) mass is 196 g/mol. The zero-order valence-electron chi connectivity index (χ0n) is 5.25. The van der Waals surface area contributed by atoms with Gasteiger partial charge in [-0.05, 0) is 0 Å². The van der Waals surface area contributed by atoms with Gasteiger partial charge < -0.3 is 9.42 Å². The minimum Gasteiger partial charge on any atom is -0.345 e. The van der Waals surface area contributed by atoms with Gasteiger partial charge in [-0.25, -0.2) is 4.57 Å². The first-order valence-electron chi connectivity index (χ1n) is 2.54. The molecule has 0 radical (unpaired) electrons. The van der Waals surface area contributed by atoms with Crippen LogP contribution in [0.4, 0.5) is 0 Å². The van der Waals surface area contributed by atoms with Gasteiger partial charge in [0.1, 0.15) is 18.6 Å². The molecule has 1 aromatic rings. The summed E-state index contributed by atoms with van der Waals surface area (Å²) in [7, 11) is 0. The molecule has 0 aromatic carbocycles. The molecule has 0 saturated carbocycles. The van der Waals surface area contributed by atoms with Crippen molar-refractivity contribution in [2.45, 2.75) is 6.61 Å². The third-order valence-electron chi connectivity index (χ3n) is 0.786. The van der Waals surface area contributed by atoms with E-state index in [9.17, 15) is 4.57 Å². The fourth-order valence-electron chi connectivity index (χ4n) is 0.397. The van der Waals surface area contributed by atoms with Crippen LogP contribution in [0.2, 0.25) is 0 Å². The van der Waals surface area contributed by atoms with Gasteiger partial charge in [-0.3, -0.25) is 4.52 Å². The lowest BCUT2D eigenvalue weighted by molar-refractivity contribution is 0.263. The summed E-state index contributed by atoms with van der Waals surface area (Å²) in [6.07, 6.45) is 1.21. The number of hydrogen-bond acceptors (Lipinski definition) is 5. The standard InChI is InChI=1S/C3H5N2O4PS/c6-10(7,11)9-2-3-1-8-5-4-3/h1H,2H2,(H2,6,7,11). The third-order valence-corrected chi connectivity index (χ3v) is 1.60. The Morgan fingerprint density at radius 2 is 2.64 bits per heavy atom. The Morgan fingerprint density at radius 1 is 1.91 bits per heavy atom. The van der Waals surface area contributed by atoms with Crippen LogP contribution in [0.15, 0.2) is 10.8 Å². The van der Waals surface area contributed by atoms with Crippen LogP contribution >= 0.6 is 19.0 Å². The SMILES string of the molecule is O=P(O)(S)OCc1conn1. The lowest BCUT2D eigenvalue weighted by Gasteiger charge is -2.01. The highest BCUT2D eigenvalue weighted by Gasteiger charge is 2.12. The molecule has 62 valence electrons. The van der Waals surface area contributed by atoms with Gasteiger partial charge in [-0.15, -0.1) is 5.10 Å². The number of thiol groups is 1. The van der Waals surface area contributed by atoms with Crippen LogP contribution in [-0.2, 0) is 15.7 Å². The molecule has 1 atom stereocenters. The number of hydrogen-bond donors (Lipinski definition) is 2. The maximum atomic E-state index is 10.4. The predicted molar refractivity (Wildman–Crippen MR) is 37.9 cm³/mol. The highest BCUT2D eigenvalue weighted by atomic mass is 32.7. The molecular formula is C3H5N2O4PS. The fraction of sp³-hybridized carbons (Fsp3) is 0.333. The van der Waals surface area contributed by atoms with E-state index in [-0.39, 0.29) is 6.61 Å². The van der Waals surface area contributed by atoms with Crippen LogP contribution < -0.4 is 0 Å². The van der Waals surface area contributed by atoms with Gasteiger partial charge in [-0.1, -0.05) is 12.2 Å². The molecule has 0 aliphatic carbocycles. The molecular weight excluding hydrogens is 191 g/mol. The van der Waals surface area contributed by atoms with E-state index in [0.29, 0.717) is 5.69 Å². The van der Waals surface area contributed by atoms with Gasteiger partial charge in [-0.2, -0.15) is 0 Å². The summed E-state index contributed by atoms with van der Waals surface area (Å²) in [5.74, 6) is 0. The molecule has 1 heterocycles. The average molecular weight is 196 g/mol. The van der Waals surface area contributed by atoms with Gasteiger partial charge in [0.05, 0.1) is 0 Å². The van der Waals surface area contributed by atoms with Crippen molar-refractivity contribution in [3.8, 4) is 0 Å². The molecule has 1 N–H and O–H groups in total. The highest BCUT2D eigenvalue weighted by molar-refractivity contribution is 8.44. The van der Waals surface area contributed by atoms with Crippen LogP contribution in [0.1, 0.15) is 5.69 Å². The van der Waals surface area contributed by atoms with Gasteiger partial charge in [0.25, 0.3) is 0 Å². The fourth-order valence-corrected chi connectivity index (χ4v) is 0.871. The second-order valence-electron chi connectivity index (χ2n) is 1.66. The molecule has 0 amide bonds. The first-order chi connectivity index (χ1) is 5.08. The van der Waals surface area contributed by atoms with Gasteiger partial charge >= 0.3 is 6.80 Å². The summed E-state index contributed by atoms with van der Waals surface area (Å²) in [4.78, 5) is 8.54. The Labute approximate surface area is 67.2 Å². The minimum atomic E-state index is -3.72. The topological polar surface area (TPSA) is 85.5 Å². The number of nitrogens with zero attached hydrogens (tertiary/aromatic N) is 2. The molecule has 1 rings (SSSR count). The zero-order chi connectivity index (χ0) is 8.32. The van der Waals surface area contributed by atoms with Gasteiger partial charge in [0.15, 0.2) is 0 Å². The van der Waals surface area contributed by atoms with Crippen molar-refractivity contribution in [2.75, 3.05) is 0 Å². The molecule has 0 fully saturated rings. The third kappa shape index (κ3) is 3.52. The Balaban J connectivity index is 2.41. The molecule has 0 saturated heterocycles. The first-order valence-corrected chi connectivity index (χ1v) is 5.27. The van der Waals surface area contributed by atoms with E-state index in [1.54, 1.807) is 0 Å². The maximum Gasteiger partial charge on any atom is 0.383 e. The number of aromatic nitrogens is 2. The van der Waals surface area contributed by atoms with Crippen LogP contribution in [0.25, 0.3) is 0 Å². The maximum absolute atomic E-state index is 10.4. The molecule has 1 unspecified atom stereocenters. The second-order valence-corrected chi connectivity index (χ2v) is 4.42. The predicted octanol–water partition coefficient (Wildman–Crippen LogP) is 0.616. The van der Waals surface area contributed by atoms with Crippen molar-refractivity contribution in [3.63, 3.8) is 0 Å². The van der Waals surface area contributed by atoms with E-state index >= 15 is 0 Å². The second kappa shape index (κ2) is 3.36. The Bertz CT molecular complexity index is 256. The molecule has 0 bridgehead atoms. The van der Waals surface area contributed by atoms with E-state index in [0.717, 1.165) is 0 Å². The normalized spacial score (nSPS) is 16.2. The summed E-state index contributed by atoms with van der Waals surface area (Å²) in [6, 6.07) is 0. The van der Waals surface area contributed by atoms with Crippen molar-refractivity contribution < 1.29 is 18.5 Å². The highest BCUT2D eigenvalue weighted by Crippen LogP contribution is 2.47. The smallest absolute Gasteiger partial charge is 0.345 e. The van der Waals surface area contributed by atoms with Crippen LogP contribution in [0.3, 0.4) is 0 Å². The van der Waals surface area contributed by atoms with Crippen molar-refractivity contribution >= 4 is 19.0 Å². The molecule has 11 heavy (non-hydrogen) atoms. The van der Waals surface area contributed by atoms with E-state index in [1.807, 2.05) is 0 Å². The quantitative estimate of drug-likeness (QED) is 0.544. The van der Waals surface area contributed by atoms with Crippen molar-refractivity contribution in [3.05, 3.63) is 12.0 Å². The van der Waals surface area contributed by atoms with E-state index in [1.165, 1.54) is 6.26 Å². The van der Waals surface area contributed by atoms with Gasteiger partial charge in [0, 0.05) is 5.27 Å². The largest absolute Gasteiger partial charge is 0.383 e.